The third-order valence-electron chi connectivity index (χ3n) is 5.83. The van der Waals surface area contributed by atoms with Gasteiger partial charge in [-0.05, 0) is 25.3 Å². The number of rotatable bonds is 6. The van der Waals surface area contributed by atoms with E-state index in [1.165, 1.54) is 0 Å². The minimum absolute atomic E-state index is 0.145. The number of hydrogen-bond donors (Lipinski definition) is 0. The van der Waals surface area contributed by atoms with E-state index < -0.39 is 29.5 Å². The fourth-order valence-corrected chi connectivity index (χ4v) is 4.75. The van der Waals surface area contributed by atoms with Crippen molar-refractivity contribution in [3.8, 4) is 0 Å². The summed E-state index contributed by atoms with van der Waals surface area (Å²) in [5.41, 5.74) is 1.21. The van der Waals surface area contributed by atoms with Crippen molar-refractivity contribution in [2.24, 2.45) is 11.8 Å². The molecule has 136 valence electrons. The van der Waals surface area contributed by atoms with Gasteiger partial charge in [-0.2, -0.15) is 0 Å². The summed E-state index contributed by atoms with van der Waals surface area (Å²) < 4.78 is 6.09. The standard InChI is InChI=1S/C21H23NO4/c1-13(2)12-16-21-10-8-15(26-21)17(20(24)25)18(21)19(23)22(16)11-9-14-6-4-3-5-7-14/h3-8,10,15-18H,1,9,11-12H2,2H3,(H,24,25)/p-1/t15-,16-,17-,18-,21+/m0/s1. The summed E-state index contributed by atoms with van der Waals surface area (Å²) in [5.74, 6) is -2.98. The molecule has 0 aliphatic carbocycles. The second-order valence-electron chi connectivity index (χ2n) is 7.56. The Bertz CT molecular complexity index is 786. The number of carboxylic acids is 1. The lowest BCUT2D eigenvalue weighted by atomic mass is 9.74. The predicted octanol–water partition coefficient (Wildman–Crippen LogP) is 1.10. The molecule has 0 aromatic heterocycles. The normalized spacial score (nSPS) is 34.3. The van der Waals surface area contributed by atoms with Gasteiger partial charge in [0.25, 0.3) is 0 Å². The van der Waals surface area contributed by atoms with Gasteiger partial charge in [0.1, 0.15) is 5.60 Å². The van der Waals surface area contributed by atoms with Crippen LogP contribution in [0.3, 0.4) is 0 Å². The lowest BCUT2D eigenvalue weighted by Gasteiger charge is -2.33. The smallest absolute Gasteiger partial charge is 0.230 e. The molecule has 1 amide bonds. The van der Waals surface area contributed by atoms with Crippen molar-refractivity contribution in [2.75, 3.05) is 6.54 Å². The maximum Gasteiger partial charge on any atom is 0.230 e. The average molecular weight is 352 g/mol. The van der Waals surface area contributed by atoms with Gasteiger partial charge in [-0.3, -0.25) is 4.79 Å². The van der Waals surface area contributed by atoms with Crippen LogP contribution in [-0.2, 0) is 20.7 Å². The first kappa shape index (κ1) is 17.0. The highest BCUT2D eigenvalue weighted by Crippen LogP contribution is 2.55. The van der Waals surface area contributed by atoms with Gasteiger partial charge in [-0.1, -0.05) is 48.1 Å². The van der Waals surface area contributed by atoms with Crippen LogP contribution in [0.2, 0.25) is 0 Å². The number of carbonyl (C=O) groups excluding carboxylic acids is 2. The third kappa shape index (κ3) is 2.42. The van der Waals surface area contributed by atoms with E-state index in [0.717, 1.165) is 11.1 Å². The summed E-state index contributed by atoms with van der Waals surface area (Å²) >= 11 is 0. The fraction of sp³-hybridized carbons (Fsp3) is 0.429. The maximum atomic E-state index is 13.2. The third-order valence-corrected chi connectivity index (χ3v) is 5.83. The molecule has 0 radical (unpaired) electrons. The molecule has 4 rings (SSSR count). The highest BCUT2D eigenvalue weighted by atomic mass is 16.5. The van der Waals surface area contributed by atoms with Crippen LogP contribution in [0, 0.1) is 11.8 Å². The van der Waals surface area contributed by atoms with Gasteiger partial charge in [0.15, 0.2) is 0 Å². The van der Waals surface area contributed by atoms with Crippen LogP contribution in [0.4, 0.5) is 0 Å². The van der Waals surface area contributed by atoms with Gasteiger partial charge < -0.3 is 19.5 Å². The molecule has 0 unspecified atom stereocenters. The summed E-state index contributed by atoms with van der Waals surface area (Å²) in [4.78, 5) is 26.7. The highest BCUT2D eigenvalue weighted by molar-refractivity contribution is 5.91. The van der Waals surface area contributed by atoms with Crippen molar-refractivity contribution in [1.29, 1.82) is 0 Å². The van der Waals surface area contributed by atoms with Crippen molar-refractivity contribution < 1.29 is 19.4 Å². The number of nitrogens with zero attached hydrogens (tertiary/aromatic N) is 1. The van der Waals surface area contributed by atoms with Gasteiger partial charge in [0.2, 0.25) is 5.91 Å². The number of aliphatic carboxylic acids is 1. The zero-order chi connectivity index (χ0) is 18.5. The number of likely N-dealkylation sites (tertiary alicyclic amines) is 1. The quantitative estimate of drug-likeness (QED) is 0.719. The number of ether oxygens (including phenoxy) is 1. The highest BCUT2D eigenvalue weighted by Gasteiger charge is 2.69. The molecule has 2 bridgehead atoms. The molecular formula is C21H22NO4-. The average Bonchev–Trinajstić information content (AvgIpc) is 3.24. The lowest BCUT2D eigenvalue weighted by Crippen LogP contribution is -2.46. The first-order valence-corrected chi connectivity index (χ1v) is 9.01. The molecule has 3 aliphatic rings. The summed E-state index contributed by atoms with van der Waals surface area (Å²) in [7, 11) is 0. The van der Waals surface area contributed by atoms with Crippen LogP contribution in [0.5, 0.6) is 0 Å². The van der Waals surface area contributed by atoms with Crippen molar-refractivity contribution in [2.45, 2.75) is 37.5 Å². The van der Waals surface area contributed by atoms with E-state index in [1.807, 2.05) is 43.3 Å². The van der Waals surface area contributed by atoms with Gasteiger partial charge in [0, 0.05) is 18.4 Å². The lowest BCUT2D eigenvalue weighted by molar-refractivity contribution is -0.313. The summed E-state index contributed by atoms with van der Waals surface area (Å²) in [6.07, 6.45) is 4.41. The van der Waals surface area contributed by atoms with E-state index in [-0.39, 0.29) is 11.9 Å². The van der Waals surface area contributed by atoms with E-state index in [2.05, 4.69) is 6.58 Å². The number of hydrogen-bond acceptors (Lipinski definition) is 4. The van der Waals surface area contributed by atoms with Crippen LogP contribution in [0.1, 0.15) is 18.9 Å². The Morgan fingerprint density at radius 1 is 1.35 bits per heavy atom. The zero-order valence-electron chi connectivity index (χ0n) is 14.8. The Balaban J connectivity index is 1.65. The molecule has 5 nitrogen and oxygen atoms in total. The van der Waals surface area contributed by atoms with Crippen LogP contribution in [0.25, 0.3) is 0 Å². The van der Waals surface area contributed by atoms with E-state index in [4.69, 9.17) is 4.74 Å². The summed E-state index contributed by atoms with van der Waals surface area (Å²) in [5, 5.41) is 11.7. The van der Waals surface area contributed by atoms with E-state index in [0.29, 0.717) is 19.4 Å². The Labute approximate surface area is 152 Å². The number of amides is 1. The van der Waals surface area contributed by atoms with Crippen LogP contribution in [-0.4, -0.2) is 41.1 Å². The van der Waals surface area contributed by atoms with Gasteiger partial charge in [-0.25, -0.2) is 0 Å². The molecule has 2 saturated heterocycles. The summed E-state index contributed by atoms with van der Waals surface area (Å²) in [6, 6.07) is 9.73. The first-order chi connectivity index (χ1) is 12.4. The van der Waals surface area contributed by atoms with E-state index >= 15 is 0 Å². The van der Waals surface area contributed by atoms with Crippen molar-refractivity contribution >= 4 is 11.9 Å². The number of fused-ring (bicyclic) bond motifs is 1. The van der Waals surface area contributed by atoms with Crippen molar-refractivity contribution in [3.63, 3.8) is 0 Å². The van der Waals surface area contributed by atoms with Gasteiger partial charge >= 0.3 is 0 Å². The minimum atomic E-state index is -1.21. The first-order valence-electron chi connectivity index (χ1n) is 9.01. The molecule has 2 fully saturated rings. The Morgan fingerprint density at radius 2 is 2.08 bits per heavy atom. The number of carbonyl (C=O) groups is 2. The predicted molar refractivity (Wildman–Crippen MR) is 93.8 cm³/mol. The minimum Gasteiger partial charge on any atom is -0.550 e. The molecule has 1 spiro atoms. The molecule has 0 saturated carbocycles. The van der Waals surface area contributed by atoms with Gasteiger partial charge in [0.05, 0.1) is 18.1 Å². The monoisotopic (exact) mass is 352 g/mol. The molecule has 3 aliphatic heterocycles. The largest absolute Gasteiger partial charge is 0.550 e. The maximum absolute atomic E-state index is 13.2. The summed E-state index contributed by atoms with van der Waals surface area (Å²) in [6.45, 7) is 6.45. The van der Waals surface area contributed by atoms with Gasteiger partial charge in [-0.15, -0.1) is 6.58 Å². The van der Waals surface area contributed by atoms with Crippen LogP contribution in [0.15, 0.2) is 54.6 Å². The SMILES string of the molecule is C=C(C)C[C@@H]1N(CCc2ccccc2)C(=O)[C@@H]2[C@@H](C(=O)[O-])[C@@H]3C=C[C@]21O3. The molecule has 5 heteroatoms. The second-order valence-corrected chi connectivity index (χ2v) is 7.56. The van der Waals surface area contributed by atoms with E-state index in [1.54, 1.807) is 11.0 Å². The molecule has 0 N–H and O–H groups in total. The molecule has 3 heterocycles. The fourth-order valence-electron chi connectivity index (χ4n) is 4.75. The number of carboxylic acid groups (broad SMARTS) is 1. The molecule has 1 aromatic rings. The second kappa shape index (κ2) is 6.09. The molecule has 26 heavy (non-hydrogen) atoms. The molecular weight excluding hydrogens is 330 g/mol. The molecule has 5 atom stereocenters. The Kier molecular flexibility index (Phi) is 3.99. The van der Waals surface area contributed by atoms with Crippen molar-refractivity contribution in [3.05, 3.63) is 60.2 Å². The van der Waals surface area contributed by atoms with E-state index in [9.17, 15) is 14.7 Å². The van der Waals surface area contributed by atoms with Crippen LogP contribution >= 0.6 is 0 Å². The topological polar surface area (TPSA) is 69.7 Å². The Hall–Kier alpha value is -2.40. The zero-order valence-corrected chi connectivity index (χ0v) is 14.8. The van der Waals surface area contributed by atoms with Crippen molar-refractivity contribution in [1.82, 2.24) is 4.90 Å². The Morgan fingerprint density at radius 3 is 2.73 bits per heavy atom. The molecule has 1 aromatic carbocycles. The number of benzene rings is 1. The van der Waals surface area contributed by atoms with Crippen LogP contribution < -0.4 is 5.11 Å².